The lowest BCUT2D eigenvalue weighted by atomic mass is 9.77. The van der Waals surface area contributed by atoms with E-state index in [1.54, 1.807) is 12.1 Å². The Kier molecular flexibility index (Phi) is 4.40. The molecule has 1 saturated heterocycles. The summed E-state index contributed by atoms with van der Waals surface area (Å²) >= 11 is 0. The lowest BCUT2D eigenvalue weighted by molar-refractivity contribution is -0.384. The highest BCUT2D eigenvalue weighted by Gasteiger charge is 2.46. The molecule has 1 saturated carbocycles. The molecule has 0 unspecified atom stereocenters. The minimum Gasteiger partial charge on any atom is -0.459 e. The minimum absolute atomic E-state index is 0.0457. The highest BCUT2D eigenvalue weighted by molar-refractivity contribution is 5.94. The molecule has 5 rings (SSSR count). The molecule has 1 N–H and O–H groups in total. The van der Waals surface area contributed by atoms with Crippen LogP contribution in [0, 0.1) is 27.9 Å². The average molecular weight is 398 g/mol. The second-order valence-corrected chi connectivity index (χ2v) is 8.83. The van der Waals surface area contributed by atoms with Crippen LogP contribution in [0.25, 0.3) is 11.0 Å². The van der Waals surface area contributed by atoms with Gasteiger partial charge in [-0.3, -0.25) is 10.1 Å². The van der Waals surface area contributed by atoms with E-state index in [-0.39, 0.29) is 16.5 Å². The van der Waals surface area contributed by atoms with Crippen molar-refractivity contribution in [3.8, 4) is 0 Å². The number of rotatable bonds is 5. The zero-order valence-corrected chi connectivity index (χ0v) is 16.5. The van der Waals surface area contributed by atoms with E-state index in [2.05, 4.69) is 17.1 Å². The van der Waals surface area contributed by atoms with Gasteiger partial charge in [0.05, 0.1) is 34.8 Å². The van der Waals surface area contributed by atoms with Crippen LogP contribution in [-0.2, 0) is 11.2 Å². The Morgan fingerprint density at radius 1 is 1.28 bits per heavy atom. The van der Waals surface area contributed by atoms with Crippen LogP contribution in [-0.4, -0.2) is 41.9 Å². The number of fused-ring (bicyclic) bond motifs is 3. The van der Waals surface area contributed by atoms with Gasteiger partial charge < -0.3 is 19.2 Å². The largest absolute Gasteiger partial charge is 0.459 e. The van der Waals surface area contributed by atoms with Crippen molar-refractivity contribution in [3.05, 3.63) is 46.2 Å². The summed E-state index contributed by atoms with van der Waals surface area (Å²) in [4.78, 5) is 13.1. The molecule has 7 heteroatoms. The first-order chi connectivity index (χ1) is 13.9. The van der Waals surface area contributed by atoms with Crippen molar-refractivity contribution in [2.45, 2.75) is 31.8 Å². The second kappa shape index (κ2) is 6.85. The van der Waals surface area contributed by atoms with Crippen molar-refractivity contribution >= 4 is 22.3 Å². The number of anilines is 1. The molecule has 2 bridgehead atoms. The molecule has 7 nitrogen and oxygen atoms in total. The molecule has 2 aromatic rings. The smallest absolute Gasteiger partial charge is 0.270 e. The standard InChI is InChI=1S/C22H26N2O5/c1-22(25,18-11-14-2-3-15(18)10-14)13-20-21(23-6-8-28-9-7-23)17-12-16(24(26)27)4-5-19(17)29-20/h2-5,12,14-15,18,25H,6-11,13H2,1H3/t14-,15-,18-,22-/m0/s1. The first kappa shape index (κ1) is 18.6. The van der Waals surface area contributed by atoms with E-state index < -0.39 is 5.60 Å². The van der Waals surface area contributed by atoms with E-state index in [9.17, 15) is 15.2 Å². The summed E-state index contributed by atoms with van der Waals surface area (Å²) in [5.41, 5.74) is 0.636. The number of allylic oxidation sites excluding steroid dienone is 2. The van der Waals surface area contributed by atoms with E-state index in [1.165, 1.54) is 6.07 Å². The number of nitro groups is 1. The number of morpholine rings is 1. The predicted octanol–water partition coefficient (Wildman–Crippen LogP) is 3.68. The van der Waals surface area contributed by atoms with Gasteiger partial charge in [0.1, 0.15) is 11.3 Å². The molecule has 29 heavy (non-hydrogen) atoms. The predicted molar refractivity (Wildman–Crippen MR) is 109 cm³/mol. The molecule has 4 atom stereocenters. The van der Waals surface area contributed by atoms with Crippen LogP contribution in [0.4, 0.5) is 11.4 Å². The summed E-state index contributed by atoms with van der Waals surface area (Å²) in [5.74, 6) is 1.91. The van der Waals surface area contributed by atoms with Gasteiger partial charge in [0.2, 0.25) is 0 Å². The van der Waals surface area contributed by atoms with E-state index in [0.29, 0.717) is 55.9 Å². The number of non-ortho nitro benzene ring substituents is 1. The fourth-order valence-electron chi connectivity index (χ4n) is 5.44. The van der Waals surface area contributed by atoms with Gasteiger partial charge in [-0.2, -0.15) is 0 Å². The maximum atomic E-state index is 11.4. The molecule has 2 fully saturated rings. The van der Waals surface area contributed by atoms with E-state index >= 15 is 0 Å². The third-order valence-corrected chi connectivity index (χ3v) is 6.85. The van der Waals surface area contributed by atoms with Crippen molar-refractivity contribution < 1.29 is 19.2 Å². The second-order valence-electron chi connectivity index (χ2n) is 8.83. The third kappa shape index (κ3) is 3.22. The first-order valence-corrected chi connectivity index (χ1v) is 10.4. The summed E-state index contributed by atoms with van der Waals surface area (Å²) in [6, 6.07) is 4.72. The van der Waals surface area contributed by atoms with Gasteiger partial charge in [0, 0.05) is 31.6 Å². The summed E-state index contributed by atoms with van der Waals surface area (Å²) in [6.45, 7) is 4.51. The van der Waals surface area contributed by atoms with Crippen LogP contribution in [0.1, 0.15) is 25.5 Å². The van der Waals surface area contributed by atoms with Crippen molar-refractivity contribution in [3.63, 3.8) is 0 Å². The maximum absolute atomic E-state index is 11.4. The molecule has 154 valence electrons. The van der Waals surface area contributed by atoms with Gasteiger partial charge in [-0.25, -0.2) is 0 Å². The molecule has 1 aliphatic heterocycles. The Labute approximate surface area is 169 Å². The van der Waals surface area contributed by atoms with Crippen LogP contribution in [0.3, 0.4) is 0 Å². The summed E-state index contributed by atoms with van der Waals surface area (Å²) in [7, 11) is 0. The molecule has 1 aromatic carbocycles. The molecule has 2 heterocycles. The Hall–Kier alpha value is -2.38. The van der Waals surface area contributed by atoms with E-state index in [4.69, 9.17) is 9.15 Å². The zero-order valence-electron chi connectivity index (χ0n) is 16.5. The summed E-state index contributed by atoms with van der Waals surface area (Å²) in [5, 5.41) is 23.5. The van der Waals surface area contributed by atoms with Crippen LogP contribution < -0.4 is 4.90 Å². The fourth-order valence-corrected chi connectivity index (χ4v) is 5.44. The van der Waals surface area contributed by atoms with Gasteiger partial charge >= 0.3 is 0 Å². The lowest BCUT2D eigenvalue weighted by Gasteiger charge is -2.35. The summed E-state index contributed by atoms with van der Waals surface area (Å²) in [6.07, 6.45) is 7.05. The number of ether oxygens (including phenoxy) is 1. The van der Waals surface area contributed by atoms with Crippen molar-refractivity contribution in [2.75, 3.05) is 31.2 Å². The molecule has 2 aliphatic carbocycles. The highest BCUT2D eigenvalue weighted by Crippen LogP contribution is 2.50. The molecule has 3 aliphatic rings. The Morgan fingerprint density at radius 3 is 2.72 bits per heavy atom. The Balaban J connectivity index is 1.55. The van der Waals surface area contributed by atoms with E-state index in [1.807, 2.05) is 6.92 Å². The zero-order chi connectivity index (χ0) is 20.2. The first-order valence-electron chi connectivity index (χ1n) is 10.4. The Bertz CT molecular complexity index is 973. The van der Waals surface area contributed by atoms with Gasteiger partial charge in [0.15, 0.2) is 0 Å². The molecule has 1 aromatic heterocycles. The van der Waals surface area contributed by atoms with Gasteiger partial charge in [0.25, 0.3) is 5.69 Å². The fraction of sp³-hybridized carbons (Fsp3) is 0.545. The van der Waals surface area contributed by atoms with Crippen LogP contribution in [0.15, 0.2) is 34.8 Å². The van der Waals surface area contributed by atoms with Gasteiger partial charge in [-0.15, -0.1) is 0 Å². The number of benzene rings is 1. The molecule has 0 spiro atoms. The number of nitro benzene ring substituents is 1. The molecule has 0 radical (unpaired) electrons. The molecule has 0 amide bonds. The monoisotopic (exact) mass is 398 g/mol. The normalized spacial score (nSPS) is 28.2. The molecular formula is C22H26N2O5. The van der Waals surface area contributed by atoms with Crippen molar-refractivity contribution in [2.24, 2.45) is 17.8 Å². The van der Waals surface area contributed by atoms with E-state index in [0.717, 1.165) is 23.9 Å². The number of furan rings is 1. The number of hydrogen-bond acceptors (Lipinski definition) is 6. The van der Waals surface area contributed by atoms with Crippen molar-refractivity contribution in [1.29, 1.82) is 0 Å². The van der Waals surface area contributed by atoms with Gasteiger partial charge in [-0.1, -0.05) is 12.2 Å². The summed E-state index contributed by atoms with van der Waals surface area (Å²) < 4.78 is 11.7. The van der Waals surface area contributed by atoms with Gasteiger partial charge in [-0.05, 0) is 43.6 Å². The average Bonchev–Trinajstić information content (AvgIpc) is 3.41. The number of hydrogen-bond donors (Lipinski definition) is 1. The minimum atomic E-state index is -0.898. The number of aliphatic hydroxyl groups is 1. The lowest BCUT2D eigenvalue weighted by Crippen LogP contribution is -2.40. The maximum Gasteiger partial charge on any atom is 0.270 e. The topological polar surface area (TPSA) is 89.0 Å². The SMILES string of the molecule is C[C@](O)(Cc1oc2ccc([N+](=O)[O-])cc2c1N1CCOCC1)[C@H]1C[C@H]2C=C[C@H]1C2. The highest BCUT2D eigenvalue weighted by atomic mass is 16.6. The third-order valence-electron chi connectivity index (χ3n) is 6.85. The Morgan fingerprint density at radius 2 is 2.07 bits per heavy atom. The van der Waals surface area contributed by atoms with Crippen LogP contribution >= 0.6 is 0 Å². The van der Waals surface area contributed by atoms with Crippen LogP contribution in [0.5, 0.6) is 0 Å². The van der Waals surface area contributed by atoms with Crippen LogP contribution in [0.2, 0.25) is 0 Å². The number of nitrogens with zero attached hydrogens (tertiary/aromatic N) is 2. The molecular weight excluding hydrogens is 372 g/mol. The van der Waals surface area contributed by atoms with Crippen molar-refractivity contribution in [1.82, 2.24) is 0 Å². The quantitative estimate of drug-likeness (QED) is 0.469.